The summed E-state index contributed by atoms with van der Waals surface area (Å²) >= 11 is 0. The maximum atomic E-state index is 11.9. The SMILES string of the molecule is CC(=O)NCCNC(=O)Cc1ccc2c(c1)CCC(=O)N2C. The quantitative estimate of drug-likeness (QED) is 0.772. The second kappa shape index (κ2) is 7.06. The van der Waals surface area contributed by atoms with Gasteiger partial charge in [-0.25, -0.2) is 0 Å². The fourth-order valence-corrected chi connectivity index (χ4v) is 2.51. The summed E-state index contributed by atoms with van der Waals surface area (Å²) in [4.78, 5) is 35.9. The lowest BCUT2D eigenvalue weighted by atomic mass is 9.98. The first kappa shape index (κ1) is 16.0. The number of carbonyl (C=O) groups excluding carboxylic acids is 3. The normalized spacial score (nSPS) is 13.5. The van der Waals surface area contributed by atoms with Gasteiger partial charge in [0.2, 0.25) is 17.7 Å². The van der Waals surface area contributed by atoms with Gasteiger partial charge in [-0.1, -0.05) is 12.1 Å². The largest absolute Gasteiger partial charge is 0.355 e. The molecule has 3 amide bonds. The highest BCUT2D eigenvalue weighted by atomic mass is 16.2. The molecule has 1 aromatic rings. The van der Waals surface area contributed by atoms with Crippen molar-refractivity contribution in [3.8, 4) is 0 Å². The molecule has 0 radical (unpaired) electrons. The minimum Gasteiger partial charge on any atom is -0.355 e. The first-order chi connectivity index (χ1) is 10.5. The molecule has 1 aliphatic heterocycles. The lowest BCUT2D eigenvalue weighted by Gasteiger charge is -2.26. The number of fused-ring (bicyclic) bond motifs is 1. The molecule has 6 heteroatoms. The first-order valence-electron chi connectivity index (χ1n) is 7.37. The van der Waals surface area contributed by atoms with E-state index in [1.165, 1.54) is 6.92 Å². The Balaban J connectivity index is 1.90. The van der Waals surface area contributed by atoms with Gasteiger partial charge in [-0.2, -0.15) is 0 Å². The van der Waals surface area contributed by atoms with Crippen LogP contribution in [-0.2, 0) is 27.2 Å². The number of nitrogens with one attached hydrogen (secondary N) is 2. The third kappa shape index (κ3) is 4.07. The molecule has 1 aromatic carbocycles. The van der Waals surface area contributed by atoms with Crippen molar-refractivity contribution in [2.45, 2.75) is 26.2 Å². The Morgan fingerprint density at radius 3 is 2.64 bits per heavy atom. The van der Waals surface area contributed by atoms with Gasteiger partial charge < -0.3 is 15.5 Å². The maximum absolute atomic E-state index is 11.9. The van der Waals surface area contributed by atoms with Crippen molar-refractivity contribution >= 4 is 23.4 Å². The molecule has 6 nitrogen and oxygen atoms in total. The van der Waals surface area contributed by atoms with Gasteiger partial charge in [0, 0.05) is 39.2 Å². The van der Waals surface area contributed by atoms with Crippen LogP contribution >= 0.6 is 0 Å². The van der Waals surface area contributed by atoms with Gasteiger partial charge in [-0.15, -0.1) is 0 Å². The minimum absolute atomic E-state index is 0.0782. The zero-order valence-corrected chi connectivity index (χ0v) is 12.9. The van der Waals surface area contributed by atoms with E-state index in [-0.39, 0.29) is 17.7 Å². The summed E-state index contributed by atoms with van der Waals surface area (Å²) in [5, 5.41) is 5.39. The first-order valence-corrected chi connectivity index (χ1v) is 7.37. The van der Waals surface area contributed by atoms with E-state index < -0.39 is 0 Å². The van der Waals surface area contributed by atoms with Crippen LogP contribution in [0.2, 0.25) is 0 Å². The average molecular weight is 303 g/mol. The molecule has 0 atom stereocenters. The predicted octanol–water partition coefficient (Wildman–Crippen LogP) is 0.390. The molecule has 1 heterocycles. The van der Waals surface area contributed by atoms with Gasteiger partial charge >= 0.3 is 0 Å². The van der Waals surface area contributed by atoms with Crippen molar-refractivity contribution in [1.29, 1.82) is 0 Å². The average Bonchev–Trinajstić information content (AvgIpc) is 2.47. The molecule has 0 fully saturated rings. The van der Waals surface area contributed by atoms with Crippen molar-refractivity contribution < 1.29 is 14.4 Å². The van der Waals surface area contributed by atoms with Crippen molar-refractivity contribution in [3.63, 3.8) is 0 Å². The second-order valence-corrected chi connectivity index (χ2v) is 5.43. The fourth-order valence-electron chi connectivity index (χ4n) is 2.51. The number of hydrogen-bond acceptors (Lipinski definition) is 3. The van der Waals surface area contributed by atoms with Crippen molar-refractivity contribution in [2.24, 2.45) is 0 Å². The Kier molecular flexibility index (Phi) is 5.14. The van der Waals surface area contributed by atoms with E-state index in [9.17, 15) is 14.4 Å². The van der Waals surface area contributed by atoms with Crippen LogP contribution in [-0.4, -0.2) is 37.9 Å². The summed E-state index contributed by atoms with van der Waals surface area (Å²) in [6, 6.07) is 5.76. The van der Waals surface area contributed by atoms with Crippen molar-refractivity contribution in [3.05, 3.63) is 29.3 Å². The van der Waals surface area contributed by atoms with E-state index >= 15 is 0 Å². The Hall–Kier alpha value is -2.37. The van der Waals surface area contributed by atoms with Gasteiger partial charge in [0.1, 0.15) is 0 Å². The molecule has 1 aliphatic rings. The lowest BCUT2D eigenvalue weighted by Crippen LogP contribution is -2.34. The van der Waals surface area contributed by atoms with E-state index in [4.69, 9.17) is 0 Å². The van der Waals surface area contributed by atoms with Crippen LogP contribution in [0.4, 0.5) is 5.69 Å². The molecular formula is C16H21N3O3. The monoisotopic (exact) mass is 303 g/mol. The smallest absolute Gasteiger partial charge is 0.227 e. The number of anilines is 1. The number of rotatable bonds is 5. The van der Waals surface area contributed by atoms with Crippen LogP contribution in [0, 0.1) is 0 Å². The third-order valence-corrected chi connectivity index (χ3v) is 3.67. The zero-order valence-electron chi connectivity index (χ0n) is 12.9. The van der Waals surface area contributed by atoms with Crippen LogP contribution in [0.5, 0.6) is 0 Å². The molecule has 0 aromatic heterocycles. The number of aryl methyl sites for hydroxylation is 1. The van der Waals surface area contributed by atoms with Crippen LogP contribution in [0.25, 0.3) is 0 Å². The van der Waals surface area contributed by atoms with Gasteiger partial charge in [-0.05, 0) is 23.6 Å². The second-order valence-electron chi connectivity index (χ2n) is 5.43. The highest BCUT2D eigenvalue weighted by Gasteiger charge is 2.20. The molecule has 0 bridgehead atoms. The minimum atomic E-state index is -0.109. The summed E-state index contributed by atoms with van der Waals surface area (Å²) in [6.07, 6.45) is 1.53. The van der Waals surface area contributed by atoms with Crippen LogP contribution in [0.1, 0.15) is 24.5 Å². The maximum Gasteiger partial charge on any atom is 0.227 e. The topological polar surface area (TPSA) is 78.5 Å². The third-order valence-electron chi connectivity index (χ3n) is 3.67. The lowest BCUT2D eigenvalue weighted by molar-refractivity contribution is -0.121. The molecule has 2 rings (SSSR count). The number of benzene rings is 1. The van der Waals surface area contributed by atoms with Gasteiger partial charge in [-0.3, -0.25) is 14.4 Å². The van der Waals surface area contributed by atoms with Gasteiger partial charge in [0.25, 0.3) is 0 Å². The molecule has 22 heavy (non-hydrogen) atoms. The molecule has 2 N–H and O–H groups in total. The van der Waals surface area contributed by atoms with E-state index in [1.807, 2.05) is 18.2 Å². The Morgan fingerprint density at radius 1 is 1.18 bits per heavy atom. The summed E-state index contributed by atoms with van der Waals surface area (Å²) in [5.74, 6) is -0.0656. The zero-order chi connectivity index (χ0) is 16.1. The molecule has 118 valence electrons. The summed E-state index contributed by atoms with van der Waals surface area (Å²) < 4.78 is 0. The molecule has 0 unspecified atom stereocenters. The van der Waals surface area contributed by atoms with Crippen molar-refractivity contribution in [2.75, 3.05) is 25.0 Å². The van der Waals surface area contributed by atoms with Crippen molar-refractivity contribution in [1.82, 2.24) is 10.6 Å². The number of nitrogens with zero attached hydrogens (tertiary/aromatic N) is 1. The Labute approximate surface area is 129 Å². The molecule has 0 saturated heterocycles. The van der Waals surface area contributed by atoms with Crippen LogP contribution in [0.15, 0.2) is 18.2 Å². The standard InChI is InChI=1S/C16H21N3O3/c1-11(20)17-7-8-18-15(21)10-12-3-5-14-13(9-12)4-6-16(22)19(14)2/h3,5,9H,4,6-8,10H2,1-2H3,(H,17,20)(H,18,21). The van der Waals surface area contributed by atoms with Crippen LogP contribution in [0.3, 0.4) is 0 Å². The highest BCUT2D eigenvalue weighted by Crippen LogP contribution is 2.27. The Morgan fingerprint density at radius 2 is 1.91 bits per heavy atom. The number of carbonyl (C=O) groups is 3. The molecule has 0 aliphatic carbocycles. The summed E-state index contributed by atoms with van der Waals surface area (Å²) in [7, 11) is 1.77. The van der Waals surface area contributed by atoms with E-state index in [2.05, 4.69) is 10.6 Å². The molecule has 0 saturated carbocycles. The van der Waals surface area contributed by atoms with E-state index in [0.29, 0.717) is 25.9 Å². The Bertz CT molecular complexity index is 598. The number of hydrogen-bond donors (Lipinski definition) is 2. The molecule has 0 spiro atoms. The van der Waals surface area contributed by atoms with Gasteiger partial charge in [0.15, 0.2) is 0 Å². The fraction of sp³-hybridized carbons (Fsp3) is 0.438. The van der Waals surface area contributed by atoms with E-state index in [0.717, 1.165) is 23.2 Å². The highest BCUT2D eigenvalue weighted by molar-refractivity contribution is 5.96. The molecular weight excluding hydrogens is 282 g/mol. The predicted molar refractivity (Wildman–Crippen MR) is 83.6 cm³/mol. The van der Waals surface area contributed by atoms with Gasteiger partial charge in [0.05, 0.1) is 6.42 Å². The summed E-state index contributed by atoms with van der Waals surface area (Å²) in [6.45, 7) is 2.29. The summed E-state index contributed by atoms with van der Waals surface area (Å²) in [5.41, 5.74) is 2.95. The number of amides is 3. The van der Waals surface area contributed by atoms with Crippen LogP contribution < -0.4 is 15.5 Å². The van der Waals surface area contributed by atoms with E-state index in [1.54, 1.807) is 11.9 Å².